The molecule has 1 atom stereocenters. The van der Waals surface area contributed by atoms with Crippen LogP contribution in [0, 0.1) is 5.92 Å². The van der Waals surface area contributed by atoms with E-state index in [1.165, 1.54) is 0 Å². The van der Waals surface area contributed by atoms with Crippen LogP contribution in [0.15, 0.2) is 54.7 Å². The van der Waals surface area contributed by atoms with Crippen molar-refractivity contribution < 1.29 is 14.4 Å². The Morgan fingerprint density at radius 2 is 1.89 bits per heavy atom. The van der Waals surface area contributed by atoms with Gasteiger partial charge >= 0.3 is 0 Å². The molecule has 142 valence electrons. The number of aromatic nitrogens is 1. The molecule has 3 aromatic rings. The van der Waals surface area contributed by atoms with Crippen molar-refractivity contribution in [1.82, 2.24) is 9.88 Å². The zero-order chi connectivity index (χ0) is 19.7. The molecule has 0 radical (unpaired) electrons. The second-order valence-corrected chi connectivity index (χ2v) is 7.22. The largest absolute Gasteiger partial charge is 0.350 e. The SMILES string of the molecule is Cn1cc(CC(=O)Nc2ccc(CC3CC(=O)NC3=O)cc2)c2ccccc21. The molecule has 3 amide bonds. The van der Waals surface area contributed by atoms with Gasteiger partial charge in [0.05, 0.1) is 12.3 Å². The van der Waals surface area contributed by atoms with Gasteiger partial charge in [-0.1, -0.05) is 30.3 Å². The number of anilines is 1. The number of imide groups is 1. The molecule has 2 aromatic carbocycles. The highest BCUT2D eigenvalue weighted by atomic mass is 16.2. The van der Waals surface area contributed by atoms with Crippen LogP contribution in [-0.2, 0) is 34.3 Å². The molecule has 0 spiro atoms. The quantitative estimate of drug-likeness (QED) is 0.673. The maximum absolute atomic E-state index is 12.5. The first kappa shape index (κ1) is 18.0. The molecule has 1 aliphatic rings. The minimum absolute atomic E-state index is 0.0788. The predicted molar refractivity (Wildman–Crippen MR) is 107 cm³/mol. The molecule has 4 rings (SSSR count). The highest BCUT2D eigenvalue weighted by Gasteiger charge is 2.30. The third-order valence-corrected chi connectivity index (χ3v) is 5.12. The number of nitrogens with one attached hydrogen (secondary N) is 2. The first-order chi connectivity index (χ1) is 13.5. The monoisotopic (exact) mass is 375 g/mol. The third kappa shape index (κ3) is 3.67. The minimum atomic E-state index is -0.306. The zero-order valence-electron chi connectivity index (χ0n) is 15.6. The van der Waals surface area contributed by atoms with E-state index in [1.807, 2.05) is 66.3 Å². The Hall–Kier alpha value is -3.41. The van der Waals surface area contributed by atoms with Crippen LogP contribution in [0.2, 0.25) is 0 Å². The van der Waals surface area contributed by atoms with Gasteiger partial charge in [-0.15, -0.1) is 0 Å². The number of nitrogens with zero attached hydrogens (tertiary/aromatic N) is 1. The van der Waals surface area contributed by atoms with Crippen molar-refractivity contribution in [1.29, 1.82) is 0 Å². The summed E-state index contributed by atoms with van der Waals surface area (Å²) in [7, 11) is 1.97. The molecule has 28 heavy (non-hydrogen) atoms. The summed E-state index contributed by atoms with van der Waals surface area (Å²) in [5, 5.41) is 6.33. The Kier molecular flexibility index (Phi) is 4.69. The number of carbonyl (C=O) groups excluding carboxylic acids is 3. The first-order valence-corrected chi connectivity index (χ1v) is 9.25. The van der Waals surface area contributed by atoms with Crippen LogP contribution < -0.4 is 10.6 Å². The highest BCUT2D eigenvalue weighted by molar-refractivity contribution is 6.03. The van der Waals surface area contributed by atoms with Gasteiger partial charge in [-0.05, 0) is 35.7 Å². The summed E-state index contributed by atoms with van der Waals surface area (Å²) in [5.41, 5.74) is 3.76. The molecule has 2 N–H and O–H groups in total. The van der Waals surface area contributed by atoms with Crippen molar-refractivity contribution in [2.75, 3.05) is 5.32 Å². The van der Waals surface area contributed by atoms with E-state index >= 15 is 0 Å². The summed E-state index contributed by atoms with van der Waals surface area (Å²) >= 11 is 0. The average Bonchev–Trinajstić information content (AvgIpc) is 3.15. The maximum atomic E-state index is 12.5. The summed E-state index contributed by atoms with van der Waals surface area (Å²) < 4.78 is 2.02. The van der Waals surface area contributed by atoms with Gasteiger partial charge < -0.3 is 9.88 Å². The normalized spacial score (nSPS) is 16.4. The number of benzene rings is 2. The molecule has 0 aliphatic carbocycles. The second kappa shape index (κ2) is 7.31. The van der Waals surface area contributed by atoms with Gasteiger partial charge in [0.1, 0.15) is 0 Å². The second-order valence-electron chi connectivity index (χ2n) is 7.22. The van der Waals surface area contributed by atoms with Crippen molar-refractivity contribution in [3.8, 4) is 0 Å². The Balaban J connectivity index is 1.39. The standard InChI is InChI=1S/C22H21N3O3/c1-25-13-16(18-4-2-3-5-19(18)25)12-20(26)23-17-8-6-14(7-9-17)10-15-11-21(27)24-22(15)28/h2-9,13,15H,10-12H2,1H3,(H,23,26)(H,24,27,28). The fourth-order valence-electron chi connectivity index (χ4n) is 3.73. The number of aryl methyl sites for hydroxylation is 1. The molecule has 6 nitrogen and oxygen atoms in total. The Labute approximate surface area is 162 Å². The van der Waals surface area contributed by atoms with E-state index in [1.54, 1.807) is 0 Å². The lowest BCUT2D eigenvalue weighted by molar-refractivity contribution is -0.125. The Morgan fingerprint density at radius 1 is 1.14 bits per heavy atom. The lowest BCUT2D eigenvalue weighted by Crippen LogP contribution is -2.22. The summed E-state index contributed by atoms with van der Waals surface area (Å²) in [5.74, 6) is -0.811. The molecule has 1 fully saturated rings. The van der Waals surface area contributed by atoms with E-state index in [0.29, 0.717) is 18.5 Å². The molecule has 1 aromatic heterocycles. The first-order valence-electron chi connectivity index (χ1n) is 9.25. The van der Waals surface area contributed by atoms with E-state index in [9.17, 15) is 14.4 Å². The Morgan fingerprint density at radius 3 is 2.61 bits per heavy atom. The smallest absolute Gasteiger partial charge is 0.230 e. The van der Waals surface area contributed by atoms with Crippen LogP contribution in [-0.4, -0.2) is 22.3 Å². The van der Waals surface area contributed by atoms with Gasteiger partial charge in [-0.25, -0.2) is 0 Å². The zero-order valence-corrected chi connectivity index (χ0v) is 15.6. The molecule has 2 heterocycles. The van der Waals surface area contributed by atoms with Gasteiger partial charge in [0, 0.05) is 36.3 Å². The molecule has 6 heteroatoms. The van der Waals surface area contributed by atoms with E-state index < -0.39 is 0 Å². The van der Waals surface area contributed by atoms with Crippen LogP contribution in [0.3, 0.4) is 0 Å². The molecule has 1 saturated heterocycles. The highest BCUT2D eigenvalue weighted by Crippen LogP contribution is 2.22. The van der Waals surface area contributed by atoms with Crippen LogP contribution in [0.5, 0.6) is 0 Å². The molecular formula is C22H21N3O3. The Bertz CT molecular complexity index is 1070. The average molecular weight is 375 g/mol. The molecular weight excluding hydrogens is 354 g/mol. The number of hydrogen-bond donors (Lipinski definition) is 2. The number of fused-ring (bicyclic) bond motifs is 1. The van der Waals surface area contributed by atoms with Crippen molar-refractivity contribution >= 4 is 34.3 Å². The number of carbonyl (C=O) groups is 3. The van der Waals surface area contributed by atoms with E-state index in [-0.39, 0.29) is 30.1 Å². The third-order valence-electron chi connectivity index (χ3n) is 5.12. The number of para-hydroxylation sites is 1. The fraction of sp³-hybridized carbons (Fsp3) is 0.227. The minimum Gasteiger partial charge on any atom is -0.350 e. The number of amides is 3. The van der Waals surface area contributed by atoms with Crippen molar-refractivity contribution in [2.24, 2.45) is 13.0 Å². The maximum Gasteiger partial charge on any atom is 0.230 e. The summed E-state index contributed by atoms with van der Waals surface area (Å²) in [6, 6.07) is 15.4. The topological polar surface area (TPSA) is 80.2 Å². The number of rotatable bonds is 5. The lowest BCUT2D eigenvalue weighted by Gasteiger charge is -2.08. The molecule has 0 bridgehead atoms. The van der Waals surface area contributed by atoms with E-state index in [2.05, 4.69) is 10.6 Å². The summed E-state index contributed by atoms with van der Waals surface area (Å²) in [4.78, 5) is 35.4. The fourth-order valence-corrected chi connectivity index (χ4v) is 3.73. The van der Waals surface area contributed by atoms with Crippen molar-refractivity contribution in [3.05, 3.63) is 65.9 Å². The van der Waals surface area contributed by atoms with E-state index in [0.717, 1.165) is 22.0 Å². The molecule has 1 unspecified atom stereocenters. The van der Waals surface area contributed by atoms with Gasteiger partial charge in [0.25, 0.3) is 0 Å². The number of hydrogen-bond acceptors (Lipinski definition) is 3. The van der Waals surface area contributed by atoms with Gasteiger partial charge in [-0.2, -0.15) is 0 Å². The van der Waals surface area contributed by atoms with Crippen LogP contribution in [0.25, 0.3) is 10.9 Å². The van der Waals surface area contributed by atoms with Crippen LogP contribution >= 0.6 is 0 Å². The molecule has 1 aliphatic heterocycles. The van der Waals surface area contributed by atoms with E-state index in [4.69, 9.17) is 0 Å². The molecule has 0 saturated carbocycles. The van der Waals surface area contributed by atoms with Gasteiger partial charge in [0.15, 0.2) is 0 Å². The van der Waals surface area contributed by atoms with Crippen LogP contribution in [0.1, 0.15) is 17.5 Å². The van der Waals surface area contributed by atoms with Crippen LogP contribution in [0.4, 0.5) is 5.69 Å². The summed E-state index contributed by atoms with van der Waals surface area (Å²) in [6.07, 6.45) is 3.04. The lowest BCUT2D eigenvalue weighted by atomic mass is 9.98. The van der Waals surface area contributed by atoms with Crippen molar-refractivity contribution in [3.63, 3.8) is 0 Å². The summed E-state index contributed by atoms with van der Waals surface area (Å²) in [6.45, 7) is 0. The van der Waals surface area contributed by atoms with Gasteiger partial charge in [0.2, 0.25) is 17.7 Å². The predicted octanol–water partition coefficient (Wildman–Crippen LogP) is 2.56. The van der Waals surface area contributed by atoms with Gasteiger partial charge in [-0.3, -0.25) is 19.7 Å². The van der Waals surface area contributed by atoms with Crippen molar-refractivity contribution in [2.45, 2.75) is 19.3 Å².